The van der Waals surface area contributed by atoms with Crippen LogP contribution in [0.15, 0.2) is 77.5 Å². The van der Waals surface area contributed by atoms with Gasteiger partial charge in [0, 0.05) is 55.9 Å². The lowest BCUT2D eigenvalue weighted by Gasteiger charge is -2.31. The second kappa shape index (κ2) is 12.9. The number of para-hydroxylation sites is 1. The molecule has 2 heterocycles. The Morgan fingerprint density at radius 2 is 1.68 bits per heavy atom. The van der Waals surface area contributed by atoms with Gasteiger partial charge >= 0.3 is 0 Å². The molecule has 1 saturated carbocycles. The van der Waals surface area contributed by atoms with Gasteiger partial charge in [0.25, 0.3) is 0 Å². The fourth-order valence-electron chi connectivity index (χ4n) is 5.68. The SMILES string of the molecule is CN(C)c1ccc(CN(CCc2c[nH]c3ccccc23)C(=O)CN(Cc2ccco2)C(=O)C2CCCCC2)cc1. The summed E-state index contributed by atoms with van der Waals surface area (Å²) in [7, 11) is 4.03. The van der Waals surface area contributed by atoms with Crippen molar-refractivity contribution in [2.45, 2.75) is 51.6 Å². The Labute approximate surface area is 236 Å². The van der Waals surface area contributed by atoms with Crippen LogP contribution in [0.3, 0.4) is 0 Å². The Hall–Kier alpha value is -4.00. The van der Waals surface area contributed by atoms with Crippen LogP contribution < -0.4 is 4.90 Å². The number of H-pyrrole nitrogens is 1. The Bertz CT molecular complexity index is 1380. The first-order valence-corrected chi connectivity index (χ1v) is 14.4. The van der Waals surface area contributed by atoms with Crippen molar-refractivity contribution in [3.63, 3.8) is 0 Å². The number of furan rings is 1. The topological polar surface area (TPSA) is 72.8 Å². The van der Waals surface area contributed by atoms with Crippen LogP contribution in [0.25, 0.3) is 10.9 Å². The van der Waals surface area contributed by atoms with Gasteiger partial charge in [0.15, 0.2) is 0 Å². The Morgan fingerprint density at radius 3 is 2.40 bits per heavy atom. The van der Waals surface area contributed by atoms with E-state index in [2.05, 4.69) is 46.3 Å². The predicted molar refractivity (Wildman–Crippen MR) is 159 cm³/mol. The average molecular weight is 541 g/mol. The predicted octanol–water partition coefficient (Wildman–Crippen LogP) is 6.01. The molecule has 2 aromatic heterocycles. The summed E-state index contributed by atoms with van der Waals surface area (Å²) in [6.07, 6.45) is 9.47. The molecule has 0 unspecified atom stereocenters. The molecule has 1 fully saturated rings. The molecule has 7 heteroatoms. The summed E-state index contributed by atoms with van der Waals surface area (Å²) >= 11 is 0. The molecule has 0 aliphatic heterocycles. The number of hydrogen-bond donors (Lipinski definition) is 1. The highest BCUT2D eigenvalue weighted by Gasteiger charge is 2.29. The van der Waals surface area contributed by atoms with Crippen molar-refractivity contribution >= 4 is 28.4 Å². The van der Waals surface area contributed by atoms with Crippen molar-refractivity contribution in [3.05, 3.63) is 90.0 Å². The van der Waals surface area contributed by atoms with E-state index in [9.17, 15) is 9.59 Å². The van der Waals surface area contributed by atoms with Crippen molar-refractivity contribution in [2.75, 3.05) is 32.1 Å². The van der Waals surface area contributed by atoms with Gasteiger partial charge in [-0.3, -0.25) is 9.59 Å². The molecule has 0 saturated heterocycles. The van der Waals surface area contributed by atoms with Crippen molar-refractivity contribution in [3.8, 4) is 0 Å². The second-order valence-electron chi connectivity index (χ2n) is 11.1. The van der Waals surface area contributed by atoms with Crippen molar-refractivity contribution < 1.29 is 14.0 Å². The highest BCUT2D eigenvalue weighted by molar-refractivity contribution is 5.86. The van der Waals surface area contributed by atoms with E-state index in [1.54, 1.807) is 11.2 Å². The molecule has 40 heavy (non-hydrogen) atoms. The number of benzene rings is 2. The number of fused-ring (bicyclic) bond motifs is 1. The van der Waals surface area contributed by atoms with Crippen molar-refractivity contribution in [1.29, 1.82) is 0 Å². The smallest absolute Gasteiger partial charge is 0.242 e. The number of nitrogens with zero attached hydrogens (tertiary/aromatic N) is 3. The molecular weight excluding hydrogens is 500 g/mol. The summed E-state index contributed by atoms with van der Waals surface area (Å²) in [4.78, 5) is 36.6. The second-order valence-corrected chi connectivity index (χ2v) is 11.1. The van der Waals surface area contributed by atoms with Crippen molar-refractivity contribution in [2.24, 2.45) is 5.92 Å². The average Bonchev–Trinajstić information content (AvgIpc) is 3.65. The normalized spacial score (nSPS) is 13.8. The molecule has 4 aromatic rings. The minimum atomic E-state index is -0.0488. The lowest BCUT2D eigenvalue weighted by molar-refractivity contribution is -0.144. The monoisotopic (exact) mass is 540 g/mol. The van der Waals surface area contributed by atoms with Crippen LogP contribution in [-0.2, 0) is 29.1 Å². The molecule has 0 bridgehead atoms. The van der Waals surface area contributed by atoms with Crippen LogP contribution in [0.1, 0.15) is 49.0 Å². The van der Waals surface area contributed by atoms with Gasteiger partial charge in [0.1, 0.15) is 12.3 Å². The number of carbonyl (C=O) groups excluding carboxylic acids is 2. The summed E-state index contributed by atoms with van der Waals surface area (Å²) < 4.78 is 5.58. The number of anilines is 1. The number of aromatic amines is 1. The first kappa shape index (κ1) is 27.6. The molecule has 0 spiro atoms. The highest BCUT2D eigenvalue weighted by Crippen LogP contribution is 2.26. The van der Waals surface area contributed by atoms with E-state index in [4.69, 9.17) is 4.42 Å². The summed E-state index contributed by atoms with van der Waals surface area (Å²) in [6, 6.07) is 20.2. The van der Waals surface area contributed by atoms with Crippen LogP contribution in [0.4, 0.5) is 5.69 Å². The number of aromatic nitrogens is 1. The van der Waals surface area contributed by atoms with Crippen LogP contribution in [-0.4, -0.2) is 53.8 Å². The molecule has 1 aliphatic rings. The van der Waals surface area contributed by atoms with Crippen LogP contribution in [0, 0.1) is 5.92 Å². The molecule has 0 atom stereocenters. The van der Waals surface area contributed by atoms with E-state index in [0.717, 1.165) is 48.9 Å². The van der Waals surface area contributed by atoms with Gasteiger partial charge < -0.3 is 24.1 Å². The Morgan fingerprint density at radius 1 is 0.900 bits per heavy atom. The van der Waals surface area contributed by atoms with Gasteiger partial charge in [-0.25, -0.2) is 0 Å². The minimum absolute atomic E-state index is 0.0187. The van der Waals surface area contributed by atoms with Crippen LogP contribution >= 0.6 is 0 Å². The maximum atomic E-state index is 14.0. The van der Waals surface area contributed by atoms with Gasteiger partial charge in [0.05, 0.1) is 12.8 Å². The number of carbonyl (C=O) groups is 2. The zero-order valence-corrected chi connectivity index (χ0v) is 23.6. The van der Waals surface area contributed by atoms with Gasteiger partial charge in [-0.2, -0.15) is 0 Å². The van der Waals surface area contributed by atoms with E-state index < -0.39 is 0 Å². The summed E-state index contributed by atoms with van der Waals surface area (Å²) in [5.74, 6) is 0.694. The third-order valence-electron chi connectivity index (χ3n) is 8.02. The summed E-state index contributed by atoms with van der Waals surface area (Å²) in [5.41, 5.74) is 4.46. The molecule has 0 radical (unpaired) electrons. The van der Waals surface area contributed by atoms with Gasteiger partial charge in [-0.1, -0.05) is 49.6 Å². The fraction of sp³-hybridized carbons (Fsp3) is 0.394. The standard InChI is InChI=1S/C33H40N4O3/c1-35(2)28-16-14-25(15-17-28)22-36(19-18-27-21-34-31-13-7-6-12-30(27)31)32(38)24-37(23-29-11-8-20-40-29)33(39)26-9-4-3-5-10-26/h6-8,11-17,20-21,26,34H,3-5,9-10,18-19,22-24H2,1-2H3. The molecular formula is C33H40N4O3. The number of rotatable bonds is 11. The third kappa shape index (κ3) is 6.76. The van der Waals surface area contributed by atoms with Gasteiger partial charge in [0.2, 0.25) is 11.8 Å². The van der Waals surface area contributed by atoms with E-state index >= 15 is 0 Å². The number of nitrogens with one attached hydrogen (secondary N) is 1. The van der Waals surface area contributed by atoms with E-state index in [1.807, 2.05) is 49.5 Å². The largest absolute Gasteiger partial charge is 0.467 e. The van der Waals surface area contributed by atoms with Crippen LogP contribution in [0.5, 0.6) is 0 Å². The quantitative estimate of drug-likeness (QED) is 0.253. The molecule has 2 aromatic carbocycles. The molecule has 1 N–H and O–H groups in total. The van der Waals surface area contributed by atoms with Crippen LogP contribution in [0.2, 0.25) is 0 Å². The van der Waals surface area contributed by atoms with E-state index in [0.29, 0.717) is 25.4 Å². The molecule has 7 nitrogen and oxygen atoms in total. The highest BCUT2D eigenvalue weighted by atomic mass is 16.3. The Balaban J connectivity index is 1.36. The molecule has 2 amide bonds. The maximum absolute atomic E-state index is 14.0. The van der Waals surface area contributed by atoms with Gasteiger partial charge in [-0.15, -0.1) is 0 Å². The minimum Gasteiger partial charge on any atom is -0.467 e. The molecule has 210 valence electrons. The Kier molecular flexibility index (Phi) is 8.89. The number of amides is 2. The lowest BCUT2D eigenvalue weighted by atomic mass is 9.88. The molecule has 1 aliphatic carbocycles. The lowest BCUT2D eigenvalue weighted by Crippen LogP contribution is -2.45. The van der Waals surface area contributed by atoms with E-state index in [1.165, 1.54) is 17.4 Å². The fourth-order valence-corrected chi connectivity index (χ4v) is 5.68. The van der Waals surface area contributed by atoms with E-state index in [-0.39, 0.29) is 24.3 Å². The molecule has 5 rings (SSSR count). The summed E-state index contributed by atoms with van der Waals surface area (Å²) in [6.45, 7) is 1.39. The first-order valence-electron chi connectivity index (χ1n) is 14.4. The van der Waals surface area contributed by atoms with Crippen molar-refractivity contribution in [1.82, 2.24) is 14.8 Å². The number of hydrogen-bond acceptors (Lipinski definition) is 4. The van der Waals surface area contributed by atoms with Gasteiger partial charge in [-0.05, 0) is 60.7 Å². The first-order chi connectivity index (χ1) is 19.5. The summed E-state index contributed by atoms with van der Waals surface area (Å²) in [5, 5.41) is 1.18. The zero-order valence-electron chi connectivity index (χ0n) is 23.6. The maximum Gasteiger partial charge on any atom is 0.242 e. The third-order valence-corrected chi connectivity index (χ3v) is 8.02. The zero-order chi connectivity index (χ0) is 27.9.